The number of aliphatic hydroxyl groups is 1. The monoisotopic (exact) mass is 251 g/mol. The van der Waals surface area contributed by atoms with Gasteiger partial charge in [-0.15, -0.1) is 5.10 Å². The molecule has 0 saturated carbocycles. The van der Waals surface area contributed by atoms with Crippen LogP contribution in [0.4, 0.5) is 0 Å². The molecule has 0 aliphatic carbocycles. The van der Waals surface area contributed by atoms with E-state index in [9.17, 15) is 5.11 Å². The van der Waals surface area contributed by atoms with Gasteiger partial charge in [0.1, 0.15) is 0 Å². The SMILES string of the molecule is Cn1cc(CC(CO)c2ccc(Cl)cc2)nn1. The Bertz CT molecular complexity index is 481. The molecule has 4 nitrogen and oxygen atoms in total. The smallest absolute Gasteiger partial charge is 0.0833 e. The minimum Gasteiger partial charge on any atom is -0.396 e. The highest BCUT2D eigenvalue weighted by Crippen LogP contribution is 2.21. The van der Waals surface area contributed by atoms with E-state index in [1.165, 1.54) is 0 Å². The highest BCUT2D eigenvalue weighted by molar-refractivity contribution is 6.30. The van der Waals surface area contributed by atoms with Crippen LogP contribution in [-0.2, 0) is 13.5 Å². The maximum Gasteiger partial charge on any atom is 0.0833 e. The number of aromatic nitrogens is 3. The van der Waals surface area contributed by atoms with E-state index in [0.29, 0.717) is 11.4 Å². The van der Waals surface area contributed by atoms with Crippen molar-refractivity contribution in [1.29, 1.82) is 0 Å². The molecule has 17 heavy (non-hydrogen) atoms. The molecular formula is C12H14ClN3O. The molecule has 5 heteroatoms. The molecule has 0 aliphatic rings. The first-order valence-electron chi connectivity index (χ1n) is 5.40. The average Bonchev–Trinajstić information content (AvgIpc) is 2.73. The normalized spacial score (nSPS) is 12.6. The van der Waals surface area contributed by atoms with Crippen molar-refractivity contribution in [2.75, 3.05) is 6.61 Å². The van der Waals surface area contributed by atoms with Crippen molar-refractivity contribution in [1.82, 2.24) is 15.0 Å². The van der Waals surface area contributed by atoms with Gasteiger partial charge in [0.05, 0.1) is 12.3 Å². The number of rotatable bonds is 4. The Morgan fingerprint density at radius 3 is 2.59 bits per heavy atom. The Balaban J connectivity index is 2.13. The number of aliphatic hydroxyl groups excluding tert-OH is 1. The second kappa shape index (κ2) is 5.29. The topological polar surface area (TPSA) is 50.9 Å². The zero-order valence-electron chi connectivity index (χ0n) is 9.55. The Morgan fingerprint density at radius 2 is 2.06 bits per heavy atom. The van der Waals surface area contributed by atoms with E-state index in [-0.39, 0.29) is 12.5 Å². The number of nitrogens with zero attached hydrogens (tertiary/aromatic N) is 3. The van der Waals surface area contributed by atoms with Crippen LogP contribution in [0.25, 0.3) is 0 Å². The van der Waals surface area contributed by atoms with Crippen molar-refractivity contribution in [3.05, 3.63) is 46.7 Å². The zero-order chi connectivity index (χ0) is 12.3. The standard InChI is InChI=1S/C12H14ClN3O/c1-16-7-12(14-15-16)6-10(8-17)9-2-4-11(13)5-3-9/h2-5,7,10,17H,6,8H2,1H3. The van der Waals surface area contributed by atoms with Gasteiger partial charge in [0.2, 0.25) is 0 Å². The third kappa shape index (κ3) is 3.05. The van der Waals surface area contributed by atoms with Gasteiger partial charge in [-0.1, -0.05) is 28.9 Å². The van der Waals surface area contributed by atoms with Gasteiger partial charge in [-0.2, -0.15) is 0 Å². The molecule has 1 heterocycles. The molecule has 90 valence electrons. The van der Waals surface area contributed by atoms with Crippen molar-refractivity contribution < 1.29 is 5.11 Å². The summed E-state index contributed by atoms with van der Waals surface area (Å²) in [7, 11) is 1.83. The second-order valence-corrected chi connectivity index (χ2v) is 4.46. The highest BCUT2D eigenvalue weighted by Gasteiger charge is 2.13. The van der Waals surface area contributed by atoms with Gasteiger partial charge in [-0.25, -0.2) is 0 Å². The molecule has 2 rings (SSSR count). The number of hydrogen-bond acceptors (Lipinski definition) is 3. The number of hydrogen-bond donors (Lipinski definition) is 1. The van der Waals surface area contributed by atoms with Gasteiger partial charge >= 0.3 is 0 Å². The predicted octanol–water partition coefficient (Wildman–Crippen LogP) is 1.79. The molecule has 0 bridgehead atoms. The van der Waals surface area contributed by atoms with Gasteiger partial charge < -0.3 is 5.11 Å². The molecule has 1 atom stereocenters. The van der Waals surface area contributed by atoms with Gasteiger partial charge in [0.25, 0.3) is 0 Å². The number of halogens is 1. The molecule has 0 aliphatic heterocycles. The van der Waals surface area contributed by atoms with Crippen molar-refractivity contribution in [2.45, 2.75) is 12.3 Å². The van der Waals surface area contributed by atoms with Gasteiger partial charge in [0.15, 0.2) is 0 Å². The highest BCUT2D eigenvalue weighted by atomic mass is 35.5. The average molecular weight is 252 g/mol. The largest absolute Gasteiger partial charge is 0.396 e. The Kier molecular flexibility index (Phi) is 3.76. The van der Waals surface area contributed by atoms with Gasteiger partial charge in [-0.3, -0.25) is 4.68 Å². The summed E-state index contributed by atoms with van der Waals surface area (Å²) in [6.07, 6.45) is 2.53. The van der Waals surface area contributed by atoms with E-state index in [0.717, 1.165) is 11.3 Å². The molecule has 2 aromatic rings. The van der Waals surface area contributed by atoms with E-state index in [2.05, 4.69) is 10.3 Å². The maximum atomic E-state index is 9.43. The van der Waals surface area contributed by atoms with Crippen LogP contribution in [0.5, 0.6) is 0 Å². The van der Waals surface area contributed by atoms with Crippen molar-refractivity contribution in [3.63, 3.8) is 0 Å². The molecule has 0 saturated heterocycles. The fraction of sp³-hybridized carbons (Fsp3) is 0.333. The third-order valence-corrected chi connectivity index (χ3v) is 2.92. The lowest BCUT2D eigenvalue weighted by Gasteiger charge is -2.12. The van der Waals surface area contributed by atoms with Crippen LogP contribution >= 0.6 is 11.6 Å². The number of benzene rings is 1. The van der Waals surface area contributed by atoms with Crippen LogP contribution in [-0.4, -0.2) is 26.7 Å². The zero-order valence-corrected chi connectivity index (χ0v) is 10.3. The van der Waals surface area contributed by atoms with E-state index < -0.39 is 0 Å². The van der Waals surface area contributed by atoms with E-state index in [1.54, 1.807) is 4.68 Å². The molecule has 1 N–H and O–H groups in total. The summed E-state index contributed by atoms with van der Waals surface area (Å²) < 4.78 is 1.66. The molecule has 0 fully saturated rings. The van der Waals surface area contributed by atoms with E-state index in [1.807, 2.05) is 37.5 Å². The van der Waals surface area contributed by atoms with Crippen LogP contribution in [0, 0.1) is 0 Å². The van der Waals surface area contributed by atoms with Crippen LogP contribution < -0.4 is 0 Å². The van der Waals surface area contributed by atoms with E-state index >= 15 is 0 Å². The van der Waals surface area contributed by atoms with Crippen molar-refractivity contribution in [2.24, 2.45) is 7.05 Å². The predicted molar refractivity (Wildman–Crippen MR) is 66.0 cm³/mol. The van der Waals surface area contributed by atoms with Crippen LogP contribution in [0.3, 0.4) is 0 Å². The van der Waals surface area contributed by atoms with Gasteiger partial charge in [-0.05, 0) is 17.7 Å². The Labute approximate surface area is 105 Å². The first-order chi connectivity index (χ1) is 8.19. The molecule has 0 spiro atoms. The lowest BCUT2D eigenvalue weighted by atomic mass is 9.95. The molecule has 0 amide bonds. The minimum absolute atomic E-state index is 0.0315. The summed E-state index contributed by atoms with van der Waals surface area (Å²) in [5.41, 5.74) is 1.93. The van der Waals surface area contributed by atoms with Gasteiger partial charge in [0, 0.05) is 30.6 Å². The summed E-state index contributed by atoms with van der Waals surface area (Å²) in [6.45, 7) is 0.0816. The minimum atomic E-state index is 0.0315. The Morgan fingerprint density at radius 1 is 1.35 bits per heavy atom. The molecule has 1 aromatic heterocycles. The summed E-state index contributed by atoms with van der Waals surface area (Å²) in [5.74, 6) is 0.0315. The molecule has 0 radical (unpaired) electrons. The van der Waals surface area contributed by atoms with Crippen LogP contribution in [0.15, 0.2) is 30.5 Å². The molecule has 1 unspecified atom stereocenters. The first-order valence-corrected chi connectivity index (χ1v) is 5.78. The van der Waals surface area contributed by atoms with Crippen LogP contribution in [0.1, 0.15) is 17.2 Å². The number of aryl methyl sites for hydroxylation is 1. The molecule has 1 aromatic carbocycles. The second-order valence-electron chi connectivity index (χ2n) is 4.02. The summed E-state index contributed by atoms with van der Waals surface area (Å²) in [5, 5.41) is 18.0. The third-order valence-electron chi connectivity index (χ3n) is 2.67. The summed E-state index contributed by atoms with van der Waals surface area (Å²) >= 11 is 5.83. The van der Waals surface area contributed by atoms with E-state index in [4.69, 9.17) is 11.6 Å². The van der Waals surface area contributed by atoms with Crippen molar-refractivity contribution >= 4 is 11.6 Å². The Hall–Kier alpha value is -1.39. The van der Waals surface area contributed by atoms with Crippen LogP contribution in [0.2, 0.25) is 5.02 Å². The maximum absolute atomic E-state index is 9.43. The lowest BCUT2D eigenvalue weighted by molar-refractivity contribution is 0.264. The molecular weight excluding hydrogens is 238 g/mol. The lowest BCUT2D eigenvalue weighted by Crippen LogP contribution is -2.08. The fourth-order valence-corrected chi connectivity index (χ4v) is 1.89. The first kappa shape index (κ1) is 12.1. The summed E-state index contributed by atoms with van der Waals surface area (Å²) in [4.78, 5) is 0. The summed E-state index contributed by atoms with van der Waals surface area (Å²) in [6, 6.07) is 7.52. The quantitative estimate of drug-likeness (QED) is 0.901. The fourth-order valence-electron chi connectivity index (χ4n) is 1.76. The van der Waals surface area contributed by atoms with Crippen molar-refractivity contribution in [3.8, 4) is 0 Å².